The van der Waals surface area contributed by atoms with Crippen molar-refractivity contribution in [3.63, 3.8) is 0 Å². The topological polar surface area (TPSA) is 61.8 Å². The Morgan fingerprint density at radius 1 is 1.10 bits per heavy atom. The predicted octanol–water partition coefficient (Wildman–Crippen LogP) is 3.35. The number of sulfone groups is 1. The fraction of sp³-hybridized carbons (Fsp3) is 0.318. The fourth-order valence-corrected chi connectivity index (χ4v) is 4.61. The lowest BCUT2D eigenvalue weighted by Gasteiger charge is -2.31. The molecule has 0 unspecified atom stereocenters. The van der Waals surface area contributed by atoms with Gasteiger partial charge in [-0.2, -0.15) is 0 Å². The zero-order chi connectivity index (χ0) is 20.7. The molecule has 1 fully saturated rings. The summed E-state index contributed by atoms with van der Waals surface area (Å²) in [6.45, 7) is 1.81. The van der Waals surface area contributed by atoms with Crippen molar-refractivity contribution in [1.82, 2.24) is 10.2 Å². The molecule has 1 aliphatic heterocycles. The van der Waals surface area contributed by atoms with Gasteiger partial charge in [-0.15, -0.1) is 0 Å². The smallest absolute Gasteiger partial charge is 0.193 e. The molecule has 2 aromatic rings. The van der Waals surface area contributed by atoms with Crippen molar-refractivity contribution in [3.8, 4) is 0 Å². The summed E-state index contributed by atoms with van der Waals surface area (Å²) in [5.41, 5.74) is 2.60. The van der Waals surface area contributed by atoms with Crippen molar-refractivity contribution >= 4 is 21.9 Å². The van der Waals surface area contributed by atoms with Crippen LogP contribution in [0.3, 0.4) is 0 Å². The van der Waals surface area contributed by atoms with Crippen molar-refractivity contribution < 1.29 is 12.8 Å². The highest BCUT2D eigenvalue weighted by Crippen LogP contribution is 2.19. The first-order valence-electron chi connectivity index (χ1n) is 9.67. The van der Waals surface area contributed by atoms with Crippen LogP contribution in [0.2, 0.25) is 0 Å². The molecule has 154 valence electrons. The fourth-order valence-electron chi connectivity index (χ4n) is 3.37. The average Bonchev–Trinajstić information content (AvgIpc) is 2.73. The predicted molar refractivity (Wildman–Crippen MR) is 115 cm³/mol. The molecule has 3 rings (SSSR count). The zero-order valence-electron chi connectivity index (χ0n) is 16.5. The normalized spacial score (nSPS) is 15.3. The number of rotatable bonds is 5. The third-order valence-corrected chi connectivity index (χ3v) is 6.66. The Labute approximate surface area is 171 Å². The number of aliphatic imine (C=N–C) groups is 1. The Balaban J connectivity index is 1.53. The van der Waals surface area contributed by atoms with Crippen LogP contribution in [0.5, 0.6) is 0 Å². The van der Waals surface area contributed by atoms with Crippen LogP contribution >= 0.6 is 0 Å². The van der Waals surface area contributed by atoms with E-state index in [-0.39, 0.29) is 17.2 Å². The number of likely N-dealkylation sites (tertiary alicyclic amines) is 1. The summed E-state index contributed by atoms with van der Waals surface area (Å²) in [7, 11) is -2.01. The number of nitrogens with zero attached hydrogens (tertiary/aromatic N) is 2. The zero-order valence-corrected chi connectivity index (χ0v) is 17.3. The molecule has 7 heteroatoms. The lowest BCUT2D eigenvalue weighted by atomic mass is 10.0. The van der Waals surface area contributed by atoms with Crippen LogP contribution in [0.15, 0.2) is 70.1 Å². The van der Waals surface area contributed by atoms with E-state index in [1.807, 2.05) is 18.2 Å². The maximum absolute atomic E-state index is 13.8. The average molecular weight is 416 g/mol. The van der Waals surface area contributed by atoms with Gasteiger partial charge in [0.2, 0.25) is 0 Å². The molecule has 1 saturated heterocycles. The monoisotopic (exact) mass is 415 g/mol. The molecule has 0 atom stereocenters. The summed E-state index contributed by atoms with van der Waals surface area (Å²) in [5, 5.41) is 3.10. The minimum absolute atomic E-state index is 0.173. The van der Waals surface area contributed by atoms with E-state index in [0.29, 0.717) is 5.96 Å². The molecule has 0 aromatic heterocycles. The highest BCUT2D eigenvalue weighted by molar-refractivity contribution is 7.91. The molecule has 0 bridgehead atoms. The van der Waals surface area contributed by atoms with Crippen molar-refractivity contribution in [2.45, 2.75) is 17.7 Å². The van der Waals surface area contributed by atoms with Gasteiger partial charge < -0.3 is 10.2 Å². The molecule has 0 aliphatic carbocycles. The Kier molecular flexibility index (Phi) is 7.04. The first-order valence-corrected chi connectivity index (χ1v) is 11.3. The molecule has 0 amide bonds. The van der Waals surface area contributed by atoms with Crippen LogP contribution in [0.1, 0.15) is 18.4 Å². The number of benzene rings is 2. The minimum Gasteiger partial charge on any atom is -0.355 e. The maximum atomic E-state index is 13.8. The summed E-state index contributed by atoms with van der Waals surface area (Å²) in [6.07, 6.45) is 4.10. The van der Waals surface area contributed by atoms with E-state index >= 15 is 0 Å². The molecule has 2 aromatic carbocycles. The first-order chi connectivity index (χ1) is 14.0. The van der Waals surface area contributed by atoms with E-state index in [1.54, 1.807) is 7.05 Å². The molecule has 0 radical (unpaired) electrons. The van der Waals surface area contributed by atoms with Crippen LogP contribution in [0.4, 0.5) is 4.39 Å². The van der Waals surface area contributed by atoms with Crippen LogP contribution in [-0.2, 0) is 9.84 Å². The Hall–Kier alpha value is -2.67. The summed E-state index contributed by atoms with van der Waals surface area (Å²) in [4.78, 5) is 6.14. The van der Waals surface area contributed by atoms with E-state index in [4.69, 9.17) is 0 Å². The molecule has 1 N–H and O–H groups in total. The standard InChI is InChI=1S/C22H26FN3O2S/c1-24-22(25-13-16-29(27,28)21-10-6-5-9-20(21)23)26-14-11-19(12-15-26)17-18-7-3-2-4-8-18/h2-10,17H,11-16H2,1H3,(H,24,25). The van der Waals surface area contributed by atoms with Crippen LogP contribution in [0, 0.1) is 5.82 Å². The van der Waals surface area contributed by atoms with Gasteiger partial charge in [0.05, 0.1) is 5.75 Å². The summed E-state index contributed by atoms with van der Waals surface area (Å²) in [6, 6.07) is 15.7. The molecule has 29 heavy (non-hydrogen) atoms. The lowest BCUT2D eigenvalue weighted by molar-refractivity contribution is 0.376. The molecule has 1 aliphatic rings. The first kappa shape index (κ1) is 21.0. The van der Waals surface area contributed by atoms with Crippen LogP contribution in [0.25, 0.3) is 6.08 Å². The van der Waals surface area contributed by atoms with Gasteiger partial charge in [-0.3, -0.25) is 4.99 Å². The number of halogens is 1. The highest BCUT2D eigenvalue weighted by Gasteiger charge is 2.20. The molecular formula is C22H26FN3O2S. The van der Waals surface area contributed by atoms with Gasteiger partial charge >= 0.3 is 0 Å². The SMILES string of the molecule is CN=C(NCCS(=O)(=O)c1ccccc1F)N1CCC(=Cc2ccccc2)CC1. The number of piperidine rings is 1. The van der Waals surface area contributed by atoms with Crippen molar-refractivity contribution in [2.75, 3.05) is 32.4 Å². The number of hydrogen-bond acceptors (Lipinski definition) is 3. The van der Waals surface area contributed by atoms with Crippen LogP contribution < -0.4 is 5.32 Å². The summed E-state index contributed by atoms with van der Waals surface area (Å²) >= 11 is 0. The van der Waals surface area contributed by atoms with Gasteiger partial charge in [-0.1, -0.05) is 54.1 Å². The second-order valence-electron chi connectivity index (χ2n) is 6.92. The summed E-state index contributed by atoms with van der Waals surface area (Å²) in [5.74, 6) is -0.238. The van der Waals surface area contributed by atoms with Gasteiger partial charge in [0, 0.05) is 26.7 Å². The number of hydrogen-bond donors (Lipinski definition) is 1. The van der Waals surface area contributed by atoms with E-state index in [0.717, 1.165) is 32.0 Å². The molecule has 0 spiro atoms. The van der Waals surface area contributed by atoms with E-state index < -0.39 is 15.7 Å². The second kappa shape index (κ2) is 9.69. The van der Waals surface area contributed by atoms with Gasteiger partial charge in [0.25, 0.3) is 0 Å². The third-order valence-electron chi connectivity index (χ3n) is 4.91. The maximum Gasteiger partial charge on any atom is 0.193 e. The lowest BCUT2D eigenvalue weighted by Crippen LogP contribution is -2.45. The van der Waals surface area contributed by atoms with E-state index in [9.17, 15) is 12.8 Å². The second-order valence-corrected chi connectivity index (χ2v) is 9.00. The van der Waals surface area contributed by atoms with Crippen LogP contribution in [-0.4, -0.2) is 51.7 Å². The van der Waals surface area contributed by atoms with Gasteiger partial charge in [0.1, 0.15) is 10.7 Å². The number of nitrogens with one attached hydrogen (secondary N) is 1. The quantitative estimate of drug-likeness (QED) is 0.601. The van der Waals surface area contributed by atoms with Crippen molar-refractivity contribution in [1.29, 1.82) is 0 Å². The van der Waals surface area contributed by atoms with E-state index in [2.05, 4.69) is 33.4 Å². The largest absolute Gasteiger partial charge is 0.355 e. The van der Waals surface area contributed by atoms with Crippen molar-refractivity contribution in [3.05, 3.63) is 71.6 Å². The van der Waals surface area contributed by atoms with Gasteiger partial charge in [-0.05, 0) is 30.5 Å². The van der Waals surface area contributed by atoms with Crippen molar-refractivity contribution in [2.24, 2.45) is 4.99 Å². The number of guanidine groups is 1. The third kappa shape index (κ3) is 5.67. The molecule has 1 heterocycles. The summed E-state index contributed by atoms with van der Waals surface area (Å²) < 4.78 is 38.5. The van der Waals surface area contributed by atoms with Gasteiger partial charge in [-0.25, -0.2) is 12.8 Å². The Morgan fingerprint density at radius 2 is 1.76 bits per heavy atom. The van der Waals surface area contributed by atoms with Gasteiger partial charge in [0.15, 0.2) is 15.8 Å². The Morgan fingerprint density at radius 3 is 2.41 bits per heavy atom. The Bertz CT molecular complexity index is 978. The van der Waals surface area contributed by atoms with E-state index in [1.165, 1.54) is 29.3 Å². The molecular weight excluding hydrogens is 389 g/mol. The molecule has 0 saturated carbocycles. The minimum atomic E-state index is -3.69. The highest BCUT2D eigenvalue weighted by atomic mass is 32.2. The molecule has 5 nitrogen and oxygen atoms in total.